The minimum atomic E-state index is -0.00204. The van der Waals surface area contributed by atoms with Crippen LogP contribution in [0.4, 0.5) is 0 Å². The van der Waals surface area contributed by atoms with Crippen molar-refractivity contribution in [3.63, 3.8) is 0 Å². The molecule has 0 atom stereocenters. The van der Waals surface area contributed by atoms with E-state index in [2.05, 4.69) is 18.4 Å². The maximum Gasteiger partial charge on any atom is 0.246 e. The molecule has 0 fully saturated rings. The van der Waals surface area contributed by atoms with Crippen molar-refractivity contribution in [3.8, 4) is 0 Å². The number of amides is 1. The third-order valence-corrected chi connectivity index (χ3v) is 1.82. The van der Waals surface area contributed by atoms with E-state index >= 15 is 0 Å². The number of carbonyl (C=O) groups is 1. The first-order valence-electron chi connectivity index (χ1n) is 4.25. The number of hydrogen-bond acceptors (Lipinski definition) is 2. The van der Waals surface area contributed by atoms with Gasteiger partial charge in [-0.15, -0.1) is 0 Å². The molecule has 0 aromatic heterocycles. The molecule has 0 aliphatic heterocycles. The van der Waals surface area contributed by atoms with Crippen molar-refractivity contribution in [1.29, 1.82) is 0 Å². The third kappa shape index (κ3) is 3.53. The van der Waals surface area contributed by atoms with E-state index in [0.29, 0.717) is 6.67 Å². The van der Waals surface area contributed by atoms with Crippen molar-refractivity contribution in [2.24, 2.45) is 0 Å². The molecule has 0 saturated carbocycles. The van der Waals surface area contributed by atoms with Gasteiger partial charge < -0.3 is 4.90 Å². The number of rotatable bonds is 5. The lowest BCUT2D eigenvalue weighted by molar-refractivity contribution is -0.127. The van der Waals surface area contributed by atoms with Crippen molar-refractivity contribution in [2.45, 2.75) is 13.8 Å². The van der Waals surface area contributed by atoms with Crippen LogP contribution in [-0.2, 0) is 4.79 Å². The standard InChI is InChI=1S/C9H18N2O/c1-5-9(12)11(7-3)8-10(4)6-2/h5H,1,6-8H2,2-4H3. The lowest BCUT2D eigenvalue weighted by Crippen LogP contribution is -2.38. The van der Waals surface area contributed by atoms with Crippen LogP contribution in [0.1, 0.15) is 13.8 Å². The van der Waals surface area contributed by atoms with Gasteiger partial charge in [0.15, 0.2) is 0 Å². The van der Waals surface area contributed by atoms with Gasteiger partial charge in [0, 0.05) is 6.54 Å². The Balaban J connectivity index is 3.98. The zero-order valence-electron chi connectivity index (χ0n) is 8.21. The molecule has 0 radical (unpaired) electrons. The summed E-state index contributed by atoms with van der Waals surface area (Å²) < 4.78 is 0. The average molecular weight is 170 g/mol. The highest BCUT2D eigenvalue weighted by Crippen LogP contribution is 1.92. The van der Waals surface area contributed by atoms with Crippen LogP contribution < -0.4 is 0 Å². The molecule has 0 aromatic carbocycles. The van der Waals surface area contributed by atoms with Gasteiger partial charge in [0.1, 0.15) is 0 Å². The highest BCUT2D eigenvalue weighted by Gasteiger charge is 2.08. The molecular weight excluding hydrogens is 152 g/mol. The summed E-state index contributed by atoms with van der Waals surface area (Å²) in [5.74, 6) is -0.00204. The fourth-order valence-electron chi connectivity index (χ4n) is 0.846. The molecule has 0 N–H and O–H groups in total. The predicted molar refractivity (Wildman–Crippen MR) is 50.8 cm³/mol. The third-order valence-electron chi connectivity index (χ3n) is 1.82. The molecule has 0 unspecified atom stereocenters. The smallest absolute Gasteiger partial charge is 0.246 e. The van der Waals surface area contributed by atoms with Crippen LogP contribution in [0.2, 0.25) is 0 Å². The van der Waals surface area contributed by atoms with E-state index in [1.54, 1.807) is 4.90 Å². The van der Waals surface area contributed by atoms with E-state index in [9.17, 15) is 4.79 Å². The summed E-state index contributed by atoms with van der Waals surface area (Å²) in [6.45, 7) is 9.83. The first-order chi connectivity index (χ1) is 5.65. The van der Waals surface area contributed by atoms with Gasteiger partial charge in [-0.05, 0) is 26.6 Å². The highest BCUT2D eigenvalue weighted by molar-refractivity contribution is 5.86. The van der Waals surface area contributed by atoms with E-state index in [0.717, 1.165) is 13.1 Å². The molecule has 0 rings (SSSR count). The van der Waals surface area contributed by atoms with Gasteiger partial charge in [0.05, 0.1) is 6.67 Å². The van der Waals surface area contributed by atoms with Crippen LogP contribution in [0, 0.1) is 0 Å². The van der Waals surface area contributed by atoms with Crippen LogP contribution in [-0.4, -0.2) is 42.5 Å². The van der Waals surface area contributed by atoms with Gasteiger partial charge >= 0.3 is 0 Å². The summed E-state index contributed by atoms with van der Waals surface area (Å²) in [4.78, 5) is 15.0. The quantitative estimate of drug-likeness (QED) is 0.452. The van der Waals surface area contributed by atoms with Crippen molar-refractivity contribution in [3.05, 3.63) is 12.7 Å². The van der Waals surface area contributed by atoms with Crippen molar-refractivity contribution in [2.75, 3.05) is 26.8 Å². The Bertz CT molecular complexity index is 157. The first kappa shape index (κ1) is 11.2. The van der Waals surface area contributed by atoms with Crippen LogP contribution in [0.5, 0.6) is 0 Å². The summed E-state index contributed by atoms with van der Waals surface area (Å²) in [7, 11) is 1.99. The van der Waals surface area contributed by atoms with Gasteiger partial charge in [0.25, 0.3) is 0 Å². The van der Waals surface area contributed by atoms with Crippen molar-refractivity contribution < 1.29 is 4.79 Å². The van der Waals surface area contributed by atoms with E-state index in [1.165, 1.54) is 6.08 Å². The zero-order valence-corrected chi connectivity index (χ0v) is 8.21. The summed E-state index contributed by atoms with van der Waals surface area (Å²) in [5.41, 5.74) is 0. The molecule has 0 aliphatic rings. The fourth-order valence-corrected chi connectivity index (χ4v) is 0.846. The number of nitrogens with zero attached hydrogens (tertiary/aromatic N) is 2. The molecule has 3 nitrogen and oxygen atoms in total. The van der Waals surface area contributed by atoms with Gasteiger partial charge in [-0.3, -0.25) is 9.69 Å². The molecule has 0 bridgehead atoms. The fraction of sp³-hybridized carbons (Fsp3) is 0.667. The second-order valence-corrected chi connectivity index (χ2v) is 2.71. The number of hydrogen-bond donors (Lipinski definition) is 0. The Kier molecular flexibility index (Phi) is 5.37. The molecule has 1 amide bonds. The van der Waals surface area contributed by atoms with E-state index in [4.69, 9.17) is 0 Å². The molecular formula is C9H18N2O. The Labute approximate surface area is 74.7 Å². The summed E-state index contributed by atoms with van der Waals surface area (Å²) in [5, 5.41) is 0. The Hall–Kier alpha value is -0.830. The van der Waals surface area contributed by atoms with Crippen LogP contribution in [0.15, 0.2) is 12.7 Å². The van der Waals surface area contributed by atoms with E-state index < -0.39 is 0 Å². The molecule has 0 heterocycles. The summed E-state index contributed by atoms with van der Waals surface area (Å²) >= 11 is 0. The Morgan fingerprint density at radius 3 is 2.33 bits per heavy atom. The topological polar surface area (TPSA) is 23.6 Å². The summed E-state index contributed by atoms with van der Waals surface area (Å²) in [6.07, 6.45) is 1.35. The normalized spacial score (nSPS) is 10.0. The largest absolute Gasteiger partial charge is 0.326 e. The minimum absolute atomic E-state index is 0.00204. The van der Waals surface area contributed by atoms with E-state index in [-0.39, 0.29) is 5.91 Å². The number of carbonyl (C=O) groups excluding carboxylic acids is 1. The predicted octanol–water partition coefficient (Wildman–Crippen LogP) is 0.930. The first-order valence-corrected chi connectivity index (χ1v) is 4.25. The maximum absolute atomic E-state index is 11.2. The Morgan fingerprint density at radius 1 is 1.42 bits per heavy atom. The van der Waals surface area contributed by atoms with Gasteiger partial charge in [-0.1, -0.05) is 13.5 Å². The highest BCUT2D eigenvalue weighted by atomic mass is 16.2. The molecule has 0 saturated heterocycles. The summed E-state index contributed by atoms with van der Waals surface area (Å²) in [6, 6.07) is 0. The van der Waals surface area contributed by atoms with Gasteiger partial charge in [0.2, 0.25) is 5.91 Å². The monoisotopic (exact) mass is 170 g/mol. The van der Waals surface area contributed by atoms with Gasteiger partial charge in [-0.2, -0.15) is 0 Å². The molecule has 12 heavy (non-hydrogen) atoms. The van der Waals surface area contributed by atoms with Crippen LogP contribution >= 0.6 is 0 Å². The average Bonchev–Trinajstić information content (AvgIpc) is 2.12. The SMILES string of the molecule is C=CC(=O)N(CC)CN(C)CC. The molecule has 0 aromatic rings. The van der Waals surface area contributed by atoms with Crippen molar-refractivity contribution in [1.82, 2.24) is 9.80 Å². The molecule has 70 valence electrons. The lowest BCUT2D eigenvalue weighted by Gasteiger charge is -2.24. The number of likely N-dealkylation sites (N-methyl/N-ethyl adjacent to an activating group) is 1. The van der Waals surface area contributed by atoms with Gasteiger partial charge in [-0.25, -0.2) is 0 Å². The maximum atomic E-state index is 11.2. The van der Waals surface area contributed by atoms with Crippen molar-refractivity contribution >= 4 is 5.91 Å². The second-order valence-electron chi connectivity index (χ2n) is 2.71. The van der Waals surface area contributed by atoms with E-state index in [1.807, 2.05) is 14.0 Å². The lowest BCUT2D eigenvalue weighted by atomic mass is 10.4. The van der Waals surface area contributed by atoms with Crippen LogP contribution in [0.3, 0.4) is 0 Å². The minimum Gasteiger partial charge on any atom is -0.326 e. The zero-order chi connectivity index (χ0) is 9.56. The Morgan fingerprint density at radius 2 is 2.00 bits per heavy atom. The molecule has 0 spiro atoms. The second kappa shape index (κ2) is 5.77. The van der Waals surface area contributed by atoms with Crippen LogP contribution in [0.25, 0.3) is 0 Å². The molecule has 3 heteroatoms. The molecule has 0 aliphatic carbocycles.